The second kappa shape index (κ2) is 11.3. The van der Waals surface area contributed by atoms with E-state index in [1.54, 1.807) is 0 Å². The van der Waals surface area contributed by atoms with Gasteiger partial charge in [0.05, 0.1) is 12.1 Å². The van der Waals surface area contributed by atoms with Crippen molar-refractivity contribution in [3.05, 3.63) is 34.7 Å². The second-order valence-corrected chi connectivity index (χ2v) is 12.3. The Labute approximate surface area is 226 Å². The van der Waals surface area contributed by atoms with Crippen molar-refractivity contribution in [1.29, 1.82) is 0 Å². The fraction of sp³-hybridized carbons (Fsp3) is 0.577. The van der Waals surface area contributed by atoms with Crippen LogP contribution in [0.15, 0.2) is 28.6 Å². The molecule has 0 unspecified atom stereocenters. The van der Waals surface area contributed by atoms with Gasteiger partial charge in [-0.1, -0.05) is 25.3 Å². The number of aliphatic imine (C=N–C) groups is 1. The van der Waals surface area contributed by atoms with Crippen LogP contribution in [0.2, 0.25) is 0 Å². The Balaban J connectivity index is 1.45. The second-order valence-electron chi connectivity index (χ2n) is 10.5. The van der Waals surface area contributed by atoms with Crippen LogP contribution >= 0.6 is 0 Å². The molecule has 9 nitrogen and oxygen atoms in total. The van der Waals surface area contributed by atoms with Crippen LogP contribution in [0.1, 0.15) is 56.1 Å². The summed E-state index contributed by atoms with van der Waals surface area (Å²) in [7, 11) is -0.975. The van der Waals surface area contributed by atoms with Crippen LogP contribution in [-0.2, 0) is 25.8 Å². The minimum atomic E-state index is -4.74. The third-order valence-electron chi connectivity index (χ3n) is 7.62. The molecule has 2 amide bonds. The maximum absolute atomic E-state index is 13.8. The first-order chi connectivity index (χ1) is 18.3. The fourth-order valence-electron chi connectivity index (χ4n) is 5.20. The number of alkyl halides is 3. The standard InChI is InChI=1S/C26H34F3N5O4S/c1-33(2)22(35)17-30-20-9-8-18(21(16-20)26(27,28)29)10-15-39(37,38)34-13-11-25(12-14-34)24(36)31-23(32-25)19-6-4-3-5-7-19/h8-10,15-16,19,30H,3-7,11-14,17H2,1-2H3,(H,31,32,36). The van der Waals surface area contributed by atoms with Gasteiger partial charge in [0, 0.05) is 44.2 Å². The van der Waals surface area contributed by atoms with E-state index in [4.69, 9.17) is 4.99 Å². The zero-order valence-corrected chi connectivity index (χ0v) is 22.9. The highest BCUT2D eigenvalue weighted by Gasteiger charge is 2.48. The Hall–Kier alpha value is -2.93. The zero-order valence-electron chi connectivity index (χ0n) is 22.1. The Morgan fingerprint density at radius 3 is 2.49 bits per heavy atom. The minimum Gasteiger partial charge on any atom is -0.376 e. The summed E-state index contributed by atoms with van der Waals surface area (Å²) in [6.45, 7) is -0.110. The highest BCUT2D eigenvalue weighted by atomic mass is 32.2. The number of nitrogens with one attached hydrogen (secondary N) is 2. The molecule has 13 heteroatoms. The third-order valence-corrected chi connectivity index (χ3v) is 9.19. The summed E-state index contributed by atoms with van der Waals surface area (Å²) in [5, 5.41) is 6.35. The Morgan fingerprint density at radius 2 is 1.87 bits per heavy atom. The van der Waals surface area contributed by atoms with Crippen molar-refractivity contribution in [2.45, 2.75) is 56.7 Å². The molecule has 1 saturated carbocycles. The van der Waals surface area contributed by atoms with E-state index in [0.717, 1.165) is 49.3 Å². The van der Waals surface area contributed by atoms with Crippen LogP contribution < -0.4 is 10.6 Å². The first kappa shape index (κ1) is 29.1. The van der Waals surface area contributed by atoms with Gasteiger partial charge in [-0.05, 0) is 49.5 Å². The molecule has 0 radical (unpaired) electrons. The average molecular weight is 570 g/mol. The van der Waals surface area contributed by atoms with Gasteiger partial charge in [0.15, 0.2) is 0 Å². The van der Waals surface area contributed by atoms with E-state index in [-0.39, 0.29) is 61.5 Å². The van der Waals surface area contributed by atoms with Crippen LogP contribution in [0.5, 0.6) is 0 Å². The summed E-state index contributed by atoms with van der Waals surface area (Å²) >= 11 is 0. The lowest BCUT2D eigenvalue weighted by Gasteiger charge is -2.34. The van der Waals surface area contributed by atoms with E-state index in [1.807, 2.05) is 0 Å². The summed E-state index contributed by atoms with van der Waals surface area (Å²) in [5.41, 5.74) is -2.24. The number of amidine groups is 1. The summed E-state index contributed by atoms with van der Waals surface area (Å²) < 4.78 is 68.4. The van der Waals surface area contributed by atoms with Gasteiger partial charge in [-0.25, -0.2) is 8.42 Å². The van der Waals surface area contributed by atoms with Crippen molar-refractivity contribution >= 4 is 39.4 Å². The average Bonchev–Trinajstić information content (AvgIpc) is 3.21. The highest BCUT2D eigenvalue weighted by molar-refractivity contribution is 7.92. The van der Waals surface area contributed by atoms with Gasteiger partial charge in [-0.15, -0.1) is 0 Å². The highest BCUT2D eigenvalue weighted by Crippen LogP contribution is 2.36. The molecule has 4 rings (SSSR count). The van der Waals surface area contributed by atoms with E-state index < -0.39 is 27.3 Å². The van der Waals surface area contributed by atoms with Crippen molar-refractivity contribution in [3.63, 3.8) is 0 Å². The van der Waals surface area contributed by atoms with Gasteiger partial charge < -0.3 is 15.5 Å². The van der Waals surface area contributed by atoms with Gasteiger partial charge in [-0.3, -0.25) is 14.6 Å². The number of anilines is 1. The first-order valence-electron chi connectivity index (χ1n) is 13.1. The lowest BCUT2D eigenvalue weighted by Crippen LogP contribution is -2.50. The van der Waals surface area contributed by atoms with Crippen molar-refractivity contribution in [1.82, 2.24) is 14.5 Å². The number of likely N-dealkylation sites (N-methyl/N-ethyl adjacent to an activating group) is 1. The molecule has 214 valence electrons. The van der Waals surface area contributed by atoms with Crippen LogP contribution in [-0.4, -0.2) is 74.5 Å². The van der Waals surface area contributed by atoms with Crippen LogP contribution in [0.4, 0.5) is 18.9 Å². The Morgan fingerprint density at radius 1 is 1.21 bits per heavy atom. The normalized spacial score (nSPS) is 20.7. The number of sulfonamides is 1. The topological polar surface area (TPSA) is 111 Å². The van der Waals surface area contributed by atoms with Crippen LogP contribution in [0.25, 0.3) is 6.08 Å². The molecule has 1 saturated heterocycles. The third kappa shape index (κ3) is 6.63. The molecule has 2 N–H and O–H groups in total. The molecule has 0 bridgehead atoms. The molecule has 1 spiro atoms. The molecule has 0 aromatic heterocycles. The molecule has 2 heterocycles. The van der Waals surface area contributed by atoms with E-state index in [0.29, 0.717) is 5.84 Å². The number of nitrogens with zero attached hydrogens (tertiary/aromatic N) is 3. The van der Waals surface area contributed by atoms with Crippen molar-refractivity contribution in [3.8, 4) is 0 Å². The van der Waals surface area contributed by atoms with Gasteiger partial charge >= 0.3 is 6.18 Å². The molecule has 0 atom stereocenters. The van der Waals surface area contributed by atoms with Crippen molar-refractivity contribution < 1.29 is 31.2 Å². The summed E-state index contributed by atoms with van der Waals surface area (Å²) in [4.78, 5) is 30.6. The quantitative estimate of drug-likeness (QED) is 0.523. The lowest BCUT2D eigenvalue weighted by atomic mass is 9.88. The Kier molecular flexibility index (Phi) is 8.41. The van der Waals surface area contributed by atoms with Gasteiger partial charge in [0.1, 0.15) is 11.4 Å². The zero-order chi connectivity index (χ0) is 28.4. The fourth-order valence-corrected chi connectivity index (χ4v) is 6.38. The van der Waals surface area contributed by atoms with Crippen LogP contribution in [0, 0.1) is 5.92 Å². The maximum Gasteiger partial charge on any atom is 0.417 e. The molecule has 1 aliphatic carbocycles. The number of carbonyl (C=O) groups excluding carboxylic acids is 2. The van der Waals surface area contributed by atoms with E-state index >= 15 is 0 Å². The summed E-state index contributed by atoms with van der Waals surface area (Å²) in [5.74, 6) is 0.420. The molecule has 3 aliphatic rings. The minimum absolute atomic E-state index is 0.0381. The molecule has 2 fully saturated rings. The van der Waals surface area contributed by atoms with Gasteiger partial charge in [0.25, 0.3) is 5.91 Å². The number of halogens is 3. The molecular formula is C26H34F3N5O4S. The monoisotopic (exact) mass is 569 g/mol. The van der Waals surface area contributed by atoms with E-state index in [1.165, 1.54) is 35.8 Å². The molecular weight excluding hydrogens is 535 g/mol. The van der Waals surface area contributed by atoms with Gasteiger partial charge in [0.2, 0.25) is 15.9 Å². The number of rotatable bonds is 7. The molecule has 2 aliphatic heterocycles. The van der Waals surface area contributed by atoms with Gasteiger partial charge in [-0.2, -0.15) is 17.5 Å². The number of carbonyl (C=O) groups is 2. The van der Waals surface area contributed by atoms with Crippen molar-refractivity contribution in [2.24, 2.45) is 10.9 Å². The molecule has 39 heavy (non-hydrogen) atoms. The van der Waals surface area contributed by atoms with Crippen LogP contribution in [0.3, 0.4) is 0 Å². The largest absolute Gasteiger partial charge is 0.417 e. The predicted octanol–water partition coefficient (Wildman–Crippen LogP) is 3.45. The van der Waals surface area contributed by atoms with Crippen molar-refractivity contribution in [2.75, 3.05) is 39.0 Å². The van der Waals surface area contributed by atoms with E-state index in [9.17, 15) is 31.2 Å². The molecule has 1 aromatic carbocycles. The number of hydrogen-bond donors (Lipinski definition) is 2. The SMILES string of the molecule is CN(C)C(=O)CNc1ccc(C=CS(=O)(=O)N2CCC3(CC2)N=C(C2CCCCC2)NC3=O)c(C(F)(F)F)c1. The Bertz CT molecular complexity index is 1260. The summed E-state index contributed by atoms with van der Waals surface area (Å²) in [6.07, 6.45) is 1.92. The van der Waals surface area contributed by atoms with E-state index in [2.05, 4.69) is 10.6 Å². The number of piperidine rings is 1. The summed E-state index contributed by atoms with van der Waals surface area (Å²) in [6, 6.07) is 3.36. The molecule has 1 aromatic rings. The first-order valence-corrected chi connectivity index (χ1v) is 14.6. The number of benzene rings is 1. The smallest absolute Gasteiger partial charge is 0.376 e. The maximum atomic E-state index is 13.8. The number of amides is 2. The predicted molar refractivity (Wildman–Crippen MR) is 142 cm³/mol. The number of hydrogen-bond acceptors (Lipinski definition) is 6. The lowest BCUT2D eigenvalue weighted by molar-refractivity contribution is -0.137.